The Kier molecular flexibility index (Phi) is 3.09. The second kappa shape index (κ2) is 4.58. The van der Waals surface area contributed by atoms with Gasteiger partial charge >= 0.3 is 5.97 Å². The van der Waals surface area contributed by atoms with Crippen molar-refractivity contribution in [1.82, 2.24) is 0 Å². The third-order valence-corrected chi connectivity index (χ3v) is 2.98. The van der Waals surface area contributed by atoms with Crippen molar-refractivity contribution in [3.8, 4) is 6.07 Å². The maximum Gasteiger partial charge on any atom is 0.373 e. The molecule has 0 bridgehead atoms. The topological polar surface area (TPSA) is 76.4 Å². The lowest BCUT2D eigenvalue weighted by atomic mass is 9.91. The van der Waals surface area contributed by atoms with Crippen LogP contribution in [-0.2, 0) is 24.7 Å². The first-order valence-electron chi connectivity index (χ1n) is 5.55. The Balaban J connectivity index is 2.38. The summed E-state index contributed by atoms with van der Waals surface area (Å²) in [4.78, 5) is 23.4. The SMILES string of the molecule is COC(=O)C1=CC(=O)C(C)(c2cccc(C#N)c2)O1. The first-order chi connectivity index (χ1) is 9.01. The van der Waals surface area contributed by atoms with Crippen molar-refractivity contribution in [2.45, 2.75) is 12.5 Å². The summed E-state index contributed by atoms with van der Waals surface area (Å²) in [5.41, 5.74) is -0.357. The number of nitrogens with zero attached hydrogens (tertiary/aromatic N) is 1. The number of carbonyl (C=O) groups excluding carboxylic acids is 2. The molecule has 1 aromatic rings. The van der Waals surface area contributed by atoms with Crippen LogP contribution >= 0.6 is 0 Å². The van der Waals surface area contributed by atoms with Gasteiger partial charge in [0.25, 0.3) is 0 Å². The van der Waals surface area contributed by atoms with E-state index in [4.69, 9.17) is 10.00 Å². The maximum absolute atomic E-state index is 12.0. The molecule has 0 spiro atoms. The number of hydrogen-bond acceptors (Lipinski definition) is 5. The van der Waals surface area contributed by atoms with Crippen LogP contribution in [0.15, 0.2) is 36.1 Å². The predicted octanol–water partition coefficient (Wildman–Crippen LogP) is 1.43. The summed E-state index contributed by atoms with van der Waals surface area (Å²) < 4.78 is 9.95. The number of ether oxygens (including phenoxy) is 2. The Morgan fingerprint density at radius 1 is 1.47 bits per heavy atom. The summed E-state index contributed by atoms with van der Waals surface area (Å²) >= 11 is 0. The van der Waals surface area contributed by atoms with Crippen LogP contribution < -0.4 is 0 Å². The van der Waals surface area contributed by atoms with Crippen molar-refractivity contribution < 1.29 is 19.1 Å². The zero-order chi connectivity index (χ0) is 14.0. The van der Waals surface area contributed by atoms with Gasteiger partial charge in [0.15, 0.2) is 5.60 Å². The van der Waals surface area contributed by atoms with Crippen LogP contribution in [0.1, 0.15) is 18.1 Å². The van der Waals surface area contributed by atoms with E-state index in [1.165, 1.54) is 7.11 Å². The molecule has 0 fully saturated rings. The fourth-order valence-corrected chi connectivity index (χ4v) is 1.84. The Labute approximate surface area is 110 Å². The molecule has 1 atom stereocenters. The zero-order valence-corrected chi connectivity index (χ0v) is 10.5. The Morgan fingerprint density at radius 2 is 2.21 bits per heavy atom. The van der Waals surface area contributed by atoms with Gasteiger partial charge in [-0.25, -0.2) is 4.79 Å². The van der Waals surface area contributed by atoms with Crippen LogP contribution in [0.4, 0.5) is 0 Å². The third kappa shape index (κ3) is 2.08. The van der Waals surface area contributed by atoms with E-state index < -0.39 is 11.6 Å². The quantitative estimate of drug-likeness (QED) is 0.749. The van der Waals surface area contributed by atoms with E-state index in [1.54, 1.807) is 31.2 Å². The lowest BCUT2D eigenvalue weighted by Crippen LogP contribution is -2.30. The van der Waals surface area contributed by atoms with E-state index in [0.29, 0.717) is 11.1 Å². The summed E-state index contributed by atoms with van der Waals surface area (Å²) in [6, 6.07) is 8.51. The fraction of sp³-hybridized carbons (Fsp3) is 0.214. The van der Waals surface area contributed by atoms with Crippen molar-refractivity contribution in [2.24, 2.45) is 0 Å². The Morgan fingerprint density at radius 3 is 2.84 bits per heavy atom. The monoisotopic (exact) mass is 257 g/mol. The lowest BCUT2D eigenvalue weighted by Gasteiger charge is -2.23. The van der Waals surface area contributed by atoms with Crippen molar-refractivity contribution >= 4 is 11.8 Å². The highest BCUT2D eigenvalue weighted by molar-refractivity contribution is 6.06. The molecule has 0 N–H and O–H groups in total. The highest BCUT2D eigenvalue weighted by Crippen LogP contribution is 2.35. The number of rotatable bonds is 2. The maximum atomic E-state index is 12.0. The van der Waals surface area contributed by atoms with E-state index in [0.717, 1.165) is 6.08 Å². The first kappa shape index (κ1) is 12.8. The van der Waals surface area contributed by atoms with Gasteiger partial charge in [-0.05, 0) is 19.1 Å². The van der Waals surface area contributed by atoms with Gasteiger partial charge in [0.1, 0.15) is 0 Å². The van der Waals surface area contributed by atoms with Gasteiger partial charge < -0.3 is 9.47 Å². The number of esters is 1. The first-order valence-corrected chi connectivity index (χ1v) is 5.55. The zero-order valence-electron chi connectivity index (χ0n) is 10.5. The third-order valence-electron chi connectivity index (χ3n) is 2.98. The van der Waals surface area contributed by atoms with E-state index in [-0.39, 0.29) is 11.5 Å². The average molecular weight is 257 g/mol. The summed E-state index contributed by atoms with van der Waals surface area (Å²) in [5, 5.41) is 8.87. The summed E-state index contributed by atoms with van der Waals surface area (Å²) in [7, 11) is 1.21. The van der Waals surface area contributed by atoms with Crippen LogP contribution in [0.25, 0.3) is 0 Å². The number of nitriles is 1. The van der Waals surface area contributed by atoms with Crippen molar-refractivity contribution in [2.75, 3.05) is 7.11 Å². The molecule has 1 heterocycles. The number of benzene rings is 1. The minimum atomic E-state index is -1.30. The van der Waals surface area contributed by atoms with E-state index in [9.17, 15) is 9.59 Å². The normalized spacial score (nSPS) is 21.3. The average Bonchev–Trinajstić information content (AvgIpc) is 2.75. The van der Waals surface area contributed by atoms with Crippen LogP contribution in [-0.4, -0.2) is 18.9 Å². The number of carbonyl (C=O) groups is 2. The van der Waals surface area contributed by atoms with E-state index in [1.807, 2.05) is 6.07 Å². The molecule has 2 rings (SSSR count). The van der Waals surface area contributed by atoms with Crippen LogP contribution in [0.2, 0.25) is 0 Å². The second-order valence-corrected chi connectivity index (χ2v) is 4.19. The molecule has 0 saturated heterocycles. The standard InChI is InChI=1S/C14H11NO4/c1-14(10-5-3-4-9(6-10)8-15)12(16)7-11(19-14)13(17)18-2/h3-7H,1-2H3. The largest absolute Gasteiger partial charge is 0.467 e. The molecule has 0 aromatic heterocycles. The molecular weight excluding hydrogens is 246 g/mol. The molecule has 0 radical (unpaired) electrons. The smallest absolute Gasteiger partial charge is 0.373 e. The highest BCUT2D eigenvalue weighted by Gasteiger charge is 2.44. The molecule has 5 nitrogen and oxygen atoms in total. The van der Waals surface area contributed by atoms with Gasteiger partial charge in [-0.2, -0.15) is 5.26 Å². The Bertz CT molecular complexity index is 627. The van der Waals surface area contributed by atoms with Crippen molar-refractivity contribution in [3.05, 3.63) is 47.2 Å². The molecule has 0 amide bonds. The van der Waals surface area contributed by atoms with E-state index in [2.05, 4.69) is 4.74 Å². The van der Waals surface area contributed by atoms with Gasteiger partial charge in [0.05, 0.1) is 18.7 Å². The van der Waals surface area contributed by atoms with Gasteiger partial charge in [-0.15, -0.1) is 0 Å². The molecule has 0 aliphatic carbocycles. The molecule has 96 valence electrons. The summed E-state index contributed by atoms with van der Waals surface area (Å²) in [5.74, 6) is -1.19. The fourth-order valence-electron chi connectivity index (χ4n) is 1.84. The molecule has 1 aromatic carbocycles. The highest BCUT2D eigenvalue weighted by atomic mass is 16.6. The van der Waals surface area contributed by atoms with Crippen LogP contribution in [0, 0.1) is 11.3 Å². The summed E-state index contributed by atoms with van der Waals surface area (Å²) in [6.07, 6.45) is 1.12. The number of hydrogen-bond donors (Lipinski definition) is 0. The molecule has 1 aliphatic heterocycles. The van der Waals surface area contributed by atoms with Crippen LogP contribution in [0.5, 0.6) is 0 Å². The molecule has 19 heavy (non-hydrogen) atoms. The minimum absolute atomic E-state index is 0.127. The second-order valence-electron chi connectivity index (χ2n) is 4.19. The Hall–Kier alpha value is -2.61. The number of ketones is 1. The van der Waals surface area contributed by atoms with Crippen LogP contribution in [0.3, 0.4) is 0 Å². The van der Waals surface area contributed by atoms with Gasteiger partial charge in [0.2, 0.25) is 11.5 Å². The summed E-state index contributed by atoms with van der Waals surface area (Å²) in [6.45, 7) is 1.55. The minimum Gasteiger partial charge on any atom is -0.467 e. The van der Waals surface area contributed by atoms with Gasteiger partial charge in [-0.1, -0.05) is 12.1 Å². The van der Waals surface area contributed by atoms with Crippen molar-refractivity contribution in [1.29, 1.82) is 5.26 Å². The predicted molar refractivity (Wildman–Crippen MR) is 64.7 cm³/mol. The molecule has 0 saturated carbocycles. The molecule has 5 heteroatoms. The molecular formula is C14H11NO4. The molecule has 1 unspecified atom stereocenters. The lowest BCUT2D eigenvalue weighted by molar-refractivity contribution is -0.144. The number of methoxy groups -OCH3 is 1. The van der Waals surface area contributed by atoms with E-state index >= 15 is 0 Å². The van der Waals surface area contributed by atoms with Gasteiger partial charge in [0, 0.05) is 11.6 Å². The molecule has 1 aliphatic rings. The van der Waals surface area contributed by atoms with Gasteiger partial charge in [-0.3, -0.25) is 4.79 Å². The van der Waals surface area contributed by atoms with Crippen molar-refractivity contribution in [3.63, 3.8) is 0 Å².